The topological polar surface area (TPSA) is 109 Å². The maximum Gasteiger partial charge on any atom is 0.195 e. The Morgan fingerprint density at radius 2 is 2.04 bits per heavy atom. The van der Waals surface area contributed by atoms with Crippen molar-refractivity contribution in [1.29, 1.82) is 0 Å². The highest BCUT2D eigenvalue weighted by atomic mass is 79.9. The molecule has 1 aliphatic rings. The number of benzene rings is 2. The van der Waals surface area contributed by atoms with E-state index in [1.807, 2.05) is 12.1 Å². The lowest BCUT2D eigenvalue weighted by Crippen LogP contribution is -2.30. The lowest BCUT2D eigenvalue weighted by atomic mass is 9.71. The van der Waals surface area contributed by atoms with Crippen molar-refractivity contribution >= 4 is 38.3 Å². The number of ether oxygens (including phenoxy) is 1. The Morgan fingerprint density at radius 1 is 1.29 bits per heavy atom. The number of aromatic nitrogens is 1. The SMILES string of the molecule is CC1(C)c2cc(OC[C@H](O)CO)ccc2C(=O)c2c1[nH]c1c(Br)c(N)ccc21. The van der Waals surface area contributed by atoms with Gasteiger partial charge in [-0.1, -0.05) is 13.8 Å². The van der Waals surface area contributed by atoms with Gasteiger partial charge in [-0.15, -0.1) is 0 Å². The Morgan fingerprint density at radius 3 is 2.75 bits per heavy atom. The average molecular weight is 445 g/mol. The van der Waals surface area contributed by atoms with E-state index >= 15 is 0 Å². The van der Waals surface area contributed by atoms with Gasteiger partial charge in [0, 0.05) is 27.7 Å². The van der Waals surface area contributed by atoms with Crippen LogP contribution in [0, 0.1) is 0 Å². The molecule has 0 aliphatic heterocycles. The van der Waals surface area contributed by atoms with Crippen molar-refractivity contribution in [1.82, 2.24) is 4.98 Å². The summed E-state index contributed by atoms with van der Waals surface area (Å²) in [5, 5.41) is 19.3. The van der Waals surface area contributed by atoms with Gasteiger partial charge in [0.25, 0.3) is 0 Å². The van der Waals surface area contributed by atoms with Crippen LogP contribution in [0.4, 0.5) is 5.69 Å². The molecular weight excluding hydrogens is 424 g/mol. The van der Waals surface area contributed by atoms with Crippen LogP contribution in [0.3, 0.4) is 0 Å². The van der Waals surface area contributed by atoms with Crippen LogP contribution in [0.2, 0.25) is 0 Å². The smallest absolute Gasteiger partial charge is 0.195 e. The number of rotatable bonds is 4. The normalized spacial score (nSPS) is 16.0. The largest absolute Gasteiger partial charge is 0.491 e. The Hall–Kier alpha value is -2.35. The number of hydrogen-bond acceptors (Lipinski definition) is 5. The Labute approximate surface area is 170 Å². The van der Waals surface area contributed by atoms with Crippen LogP contribution in [0.15, 0.2) is 34.8 Å². The van der Waals surface area contributed by atoms with Gasteiger partial charge in [0.2, 0.25) is 0 Å². The molecule has 4 rings (SSSR count). The van der Waals surface area contributed by atoms with Crippen molar-refractivity contribution in [2.75, 3.05) is 18.9 Å². The lowest BCUT2D eigenvalue weighted by Gasteiger charge is -2.32. The maximum atomic E-state index is 13.3. The van der Waals surface area contributed by atoms with Crippen LogP contribution < -0.4 is 10.5 Å². The molecule has 0 radical (unpaired) electrons. The summed E-state index contributed by atoms with van der Waals surface area (Å²) in [6.07, 6.45) is -0.950. The van der Waals surface area contributed by atoms with E-state index in [-0.39, 0.29) is 19.0 Å². The molecule has 1 aliphatic carbocycles. The Kier molecular flexibility index (Phi) is 4.49. The number of aromatic amines is 1. The summed E-state index contributed by atoms with van der Waals surface area (Å²) < 4.78 is 6.32. The first-order valence-electron chi connectivity index (χ1n) is 8.96. The number of aliphatic hydroxyl groups is 2. The molecule has 28 heavy (non-hydrogen) atoms. The minimum Gasteiger partial charge on any atom is -0.491 e. The Balaban J connectivity index is 1.86. The predicted octanol–water partition coefficient (Wildman–Crippen LogP) is 3.11. The Bertz CT molecular complexity index is 1100. The molecule has 0 saturated carbocycles. The summed E-state index contributed by atoms with van der Waals surface area (Å²) >= 11 is 3.52. The van der Waals surface area contributed by atoms with Crippen LogP contribution in [0.25, 0.3) is 10.9 Å². The summed E-state index contributed by atoms with van der Waals surface area (Å²) in [4.78, 5) is 16.7. The van der Waals surface area contributed by atoms with Gasteiger partial charge in [0.05, 0.1) is 22.2 Å². The third-order valence-electron chi connectivity index (χ3n) is 5.36. The van der Waals surface area contributed by atoms with Gasteiger partial charge in [-0.05, 0) is 51.8 Å². The molecule has 7 heteroatoms. The number of nitrogens with two attached hydrogens (primary N) is 1. The molecule has 0 spiro atoms. The maximum absolute atomic E-state index is 13.3. The molecule has 0 unspecified atom stereocenters. The van der Waals surface area contributed by atoms with Crippen molar-refractivity contribution < 1.29 is 19.7 Å². The highest BCUT2D eigenvalue weighted by Crippen LogP contribution is 2.46. The highest BCUT2D eigenvalue weighted by molar-refractivity contribution is 9.10. The summed E-state index contributed by atoms with van der Waals surface area (Å²) in [6.45, 7) is 3.71. The molecule has 0 saturated heterocycles. The quantitative estimate of drug-likeness (QED) is 0.462. The zero-order valence-corrected chi connectivity index (χ0v) is 17.1. The number of H-pyrrole nitrogens is 1. The van der Waals surface area contributed by atoms with E-state index in [4.69, 9.17) is 15.6 Å². The second-order valence-electron chi connectivity index (χ2n) is 7.58. The zero-order valence-electron chi connectivity index (χ0n) is 15.5. The molecule has 0 bridgehead atoms. The van der Waals surface area contributed by atoms with Crippen molar-refractivity contribution in [2.24, 2.45) is 0 Å². The van der Waals surface area contributed by atoms with Gasteiger partial charge >= 0.3 is 0 Å². The number of ketones is 1. The van der Waals surface area contributed by atoms with Gasteiger partial charge in [-0.3, -0.25) is 4.79 Å². The number of halogens is 1. The molecule has 5 N–H and O–H groups in total. The molecule has 3 aromatic rings. The molecule has 146 valence electrons. The monoisotopic (exact) mass is 444 g/mol. The lowest BCUT2D eigenvalue weighted by molar-refractivity contribution is 0.0535. The molecule has 1 heterocycles. The van der Waals surface area contributed by atoms with E-state index in [0.717, 1.165) is 26.6 Å². The molecule has 1 atom stereocenters. The predicted molar refractivity (Wildman–Crippen MR) is 111 cm³/mol. The summed E-state index contributed by atoms with van der Waals surface area (Å²) in [6, 6.07) is 8.96. The van der Waals surface area contributed by atoms with Gasteiger partial charge in [-0.25, -0.2) is 0 Å². The minimum atomic E-state index is -0.950. The van der Waals surface area contributed by atoms with Crippen molar-refractivity contribution in [3.05, 3.63) is 57.2 Å². The number of nitrogens with one attached hydrogen (secondary N) is 1. The fraction of sp³-hybridized carbons (Fsp3) is 0.286. The van der Waals surface area contributed by atoms with Gasteiger partial charge in [0.1, 0.15) is 18.5 Å². The number of nitrogen functional groups attached to an aromatic ring is 1. The number of aliphatic hydroxyl groups excluding tert-OH is 2. The summed E-state index contributed by atoms with van der Waals surface area (Å²) in [5.41, 5.74) is 9.92. The van der Waals surface area contributed by atoms with E-state index in [0.29, 0.717) is 22.6 Å². The first kappa shape index (κ1) is 19.0. The number of anilines is 1. The molecule has 6 nitrogen and oxygen atoms in total. The summed E-state index contributed by atoms with van der Waals surface area (Å²) in [7, 11) is 0. The van der Waals surface area contributed by atoms with E-state index in [1.165, 1.54) is 0 Å². The fourth-order valence-electron chi connectivity index (χ4n) is 3.79. The van der Waals surface area contributed by atoms with E-state index in [1.54, 1.807) is 18.2 Å². The summed E-state index contributed by atoms with van der Waals surface area (Å²) in [5.74, 6) is 0.492. The average Bonchev–Trinajstić information content (AvgIpc) is 3.09. The van der Waals surface area contributed by atoms with E-state index in [9.17, 15) is 9.90 Å². The fourth-order valence-corrected chi connectivity index (χ4v) is 4.24. The second kappa shape index (κ2) is 6.62. The molecule has 1 aromatic heterocycles. The second-order valence-corrected chi connectivity index (χ2v) is 8.37. The number of carbonyl (C=O) groups excluding carboxylic acids is 1. The van der Waals surface area contributed by atoms with E-state index in [2.05, 4.69) is 34.8 Å². The third kappa shape index (κ3) is 2.73. The van der Waals surface area contributed by atoms with Crippen LogP contribution >= 0.6 is 15.9 Å². The number of carbonyl (C=O) groups is 1. The number of hydrogen-bond donors (Lipinski definition) is 4. The molecule has 0 amide bonds. The van der Waals surface area contributed by atoms with Gasteiger partial charge < -0.3 is 25.7 Å². The number of fused-ring (bicyclic) bond motifs is 4. The van der Waals surface area contributed by atoms with Gasteiger partial charge in [0.15, 0.2) is 5.78 Å². The minimum absolute atomic E-state index is 0.0203. The third-order valence-corrected chi connectivity index (χ3v) is 6.21. The van der Waals surface area contributed by atoms with Crippen LogP contribution in [-0.2, 0) is 5.41 Å². The highest BCUT2D eigenvalue weighted by Gasteiger charge is 2.40. The van der Waals surface area contributed by atoms with Crippen molar-refractivity contribution in [2.45, 2.75) is 25.4 Å². The van der Waals surface area contributed by atoms with Crippen LogP contribution in [0.5, 0.6) is 5.75 Å². The van der Waals surface area contributed by atoms with Crippen LogP contribution in [-0.4, -0.2) is 40.3 Å². The molecule has 0 fully saturated rings. The van der Waals surface area contributed by atoms with Gasteiger partial charge in [-0.2, -0.15) is 0 Å². The first-order chi connectivity index (χ1) is 13.3. The molecule has 2 aromatic carbocycles. The first-order valence-corrected chi connectivity index (χ1v) is 9.76. The van der Waals surface area contributed by atoms with E-state index < -0.39 is 11.5 Å². The zero-order chi connectivity index (χ0) is 20.2. The molecular formula is C21H21BrN2O4. The van der Waals surface area contributed by atoms with Crippen molar-refractivity contribution in [3.63, 3.8) is 0 Å². The van der Waals surface area contributed by atoms with Crippen molar-refractivity contribution in [3.8, 4) is 5.75 Å². The van der Waals surface area contributed by atoms with Crippen LogP contribution in [0.1, 0.15) is 41.0 Å². The standard InChI is InChI=1S/C21H21BrN2O4/c1-21(2)14-7-11(28-9-10(26)8-25)3-4-12(14)19(27)16-13-5-6-15(23)17(22)18(13)24-20(16)21/h3-7,10,24-26H,8-9,23H2,1-2H3/t10-/m1/s1.